The van der Waals surface area contributed by atoms with Crippen molar-refractivity contribution in [3.8, 4) is 22.7 Å². The van der Waals surface area contributed by atoms with Gasteiger partial charge in [0.25, 0.3) is 5.91 Å². The van der Waals surface area contributed by atoms with Crippen LogP contribution in [0.3, 0.4) is 0 Å². The molecule has 5 aromatic rings. The molecule has 0 spiro atoms. The number of rotatable bonds is 10. The fourth-order valence-corrected chi connectivity index (χ4v) is 5.87. The zero-order chi connectivity index (χ0) is 30.5. The number of aromatic nitrogens is 2. The van der Waals surface area contributed by atoms with E-state index >= 15 is 0 Å². The van der Waals surface area contributed by atoms with E-state index < -0.39 is 0 Å². The highest BCUT2D eigenvalue weighted by Crippen LogP contribution is 2.33. The second-order valence-electron chi connectivity index (χ2n) is 10.7. The van der Waals surface area contributed by atoms with Crippen LogP contribution in [0.4, 0.5) is 5.69 Å². The Morgan fingerprint density at radius 3 is 2.25 bits per heavy atom. The molecular formula is C37H34N4O2S. The van der Waals surface area contributed by atoms with Crippen LogP contribution >= 0.6 is 11.8 Å². The Labute approximate surface area is 262 Å². The first-order valence-corrected chi connectivity index (χ1v) is 15.8. The summed E-state index contributed by atoms with van der Waals surface area (Å²) in [5, 5.41) is 11.4. The number of carbonyl (C=O) groups excluding carboxylic acids is 1. The van der Waals surface area contributed by atoms with Crippen LogP contribution in [0.1, 0.15) is 30.0 Å². The van der Waals surface area contributed by atoms with Gasteiger partial charge in [-0.15, -0.1) is 11.8 Å². The van der Waals surface area contributed by atoms with Crippen LogP contribution in [0, 0.1) is 13.8 Å². The summed E-state index contributed by atoms with van der Waals surface area (Å²) in [6, 6.07) is 34.1. The number of hydrazone groups is 1. The highest BCUT2D eigenvalue weighted by molar-refractivity contribution is 8.00. The number of amides is 1. The van der Waals surface area contributed by atoms with Crippen LogP contribution in [0.2, 0.25) is 0 Å². The highest BCUT2D eigenvalue weighted by atomic mass is 32.2. The number of aryl methyl sites for hydroxylation is 2. The predicted molar refractivity (Wildman–Crippen MR) is 181 cm³/mol. The van der Waals surface area contributed by atoms with E-state index in [9.17, 15) is 4.79 Å². The van der Waals surface area contributed by atoms with Gasteiger partial charge >= 0.3 is 0 Å². The van der Waals surface area contributed by atoms with Crippen LogP contribution in [0.5, 0.6) is 5.75 Å². The number of benzene rings is 4. The van der Waals surface area contributed by atoms with Crippen molar-refractivity contribution in [2.24, 2.45) is 5.10 Å². The van der Waals surface area contributed by atoms with Crippen LogP contribution < -0.4 is 9.75 Å². The minimum atomic E-state index is -0.158. The van der Waals surface area contributed by atoms with E-state index in [-0.39, 0.29) is 5.91 Å². The molecule has 1 aliphatic rings. The van der Waals surface area contributed by atoms with E-state index in [1.807, 2.05) is 89.8 Å². The summed E-state index contributed by atoms with van der Waals surface area (Å²) in [6.45, 7) is 6.90. The molecular weight excluding hydrogens is 565 g/mol. The van der Waals surface area contributed by atoms with Gasteiger partial charge in [0.05, 0.1) is 29.3 Å². The molecule has 220 valence electrons. The number of ether oxygens (including phenoxy) is 1. The first-order chi connectivity index (χ1) is 21.5. The number of hydrogen-bond acceptors (Lipinski definition) is 5. The summed E-state index contributed by atoms with van der Waals surface area (Å²) in [7, 11) is 0. The van der Waals surface area contributed by atoms with Crippen molar-refractivity contribution in [2.45, 2.75) is 32.1 Å². The molecule has 0 aliphatic carbocycles. The molecule has 6 rings (SSSR count). The second-order valence-corrected chi connectivity index (χ2v) is 11.7. The van der Waals surface area contributed by atoms with E-state index in [2.05, 4.69) is 51.1 Å². The van der Waals surface area contributed by atoms with Crippen molar-refractivity contribution >= 4 is 35.1 Å². The van der Waals surface area contributed by atoms with Crippen molar-refractivity contribution in [1.82, 2.24) is 9.78 Å². The Bertz CT molecular complexity index is 1830. The maximum atomic E-state index is 14.0. The lowest BCUT2D eigenvalue weighted by Gasteiger charge is -2.11. The first kappa shape index (κ1) is 29.2. The number of para-hydroxylation sites is 2. The standard InChI is InChI=1S/C37H34N4O2S/c1-4-21-43-31-17-20-33(27(3)22-31)36-28(24-40(39-36)29-11-7-5-8-12-29)23-34-35(25-44-32-18-15-26(2)16-19-32)38-41(37(34)42)30-13-9-6-10-14-30/h5-20,22-24H,4,21,25H2,1-3H3/b34-23-. The van der Waals surface area contributed by atoms with Crippen molar-refractivity contribution in [2.75, 3.05) is 17.4 Å². The fraction of sp³-hybridized carbons (Fsp3) is 0.162. The molecule has 1 aromatic heterocycles. The van der Waals surface area contributed by atoms with Gasteiger partial charge in [0, 0.05) is 28.0 Å². The van der Waals surface area contributed by atoms with E-state index in [4.69, 9.17) is 14.9 Å². The van der Waals surface area contributed by atoms with E-state index in [0.717, 1.165) is 56.5 Å². The molecule has 0 saturated heterocycles. The number of hydrogen-bond donors (Lipinski definition) is 0. The zero-order valence-electron chi connectivity index (χ0n) is 25.1. The quantitative estimate of drug-likeness (QED) is 0.119. The third-order valence-electron chi connectivity index (χ3n) is 7.34. The SMILES string of the molecule is CCCOc1ccc(-c2nn(-c3ccccc3)cc2/C=C2\C(=O)N(c3ccccc3)N=C2CSc2ccc(C)cc2)c(C)c1. The molecule has 4 aromatic carbocycles. The summed E-state index contributed by atoms with van der Waals surface area (Å²) in [6.07, 6.45) is 4.88. The second kappa shape index (κ2) is 13.2. The van der Waals surface area contributed by atoms with Gasteiger partial charge in [-0.25, -0.2) is 4.68 Å². The lowest BCUT2D eigenvalue weighted by atomic mass is 10.00. The van der Waals surface area contributed by atoms with Crippen molar-refractivity contribution < 1.29 is 9.53 Å². The summed E-state index contributed by atoms with van der Waals surface area (Å²) in [4.78, 5) is 15.1. The van der Waals surface area contributed by atoms with Gasteiger partial charge in [0.2, 0.25) is 0 Å². The molecule has 0 radical (unpaired) electrons. The van der Waals surface area contributed by atoms with E-state index in [1.54, 1.807) is 11.8 Å². The van der Waals surface area contributed by atoms with Crippen LogP contribution in [-0.2, 0) is 4.79 Å². The average Bonchev–Trinajstić information content (AvgIpc) is 3.61. The van der Waals surface area contributed by atoms with E-state index in [1.165, 1.54) is 10.6 Å². The van der Waals surface area contributed by atoms with Crippen molar-refractivity contribution in [1.29, 1.82) is 0 Å². The molecule has 0 N–H and O–H groups in total. The maximum Gasteiger partial charge on any atom is 0.280 e. The van der Waals surface area contributed by atoms with Gasteiger partial charge in [0.15, 0.2) is 0 Å². The molecule has 0 atom stereocenters. The van der Waals surface area contributed by atoms with Gasteiger partial charge in [-0.1, -0.05) is 61.0 Å². The first-order valence-electron chi connectivity index (χ1n) is 14.8. The van der Waals surface area contributed by atoms with Crippen LogP contribution in [-0.4, -0.2) is 33.8 Å². The molecule has 2 heterocycles. The van der Waals surface area contributed by atoms with E-state index in [0.29, 0.717) is 17.9 Å². The Morgan fingerprint density at radius 1 is 0.864 bits per heavy atom. The summed E-state index contributed by atoms with van der Waals surface area (Å²) in [5.74, 6) is 1.23. The molecule has 1 aliphatic heterocycles. The van der Waals surface area contributed by atoms with Gasteiger partial charge in [-0.3, -0.25) is 4.79 Å². The average molecular weight is 599 g/mol. The predicted octanol–water partition coefficient (Wildman–Crippen LogP) is 8.52. The number of nitrogens with zero attached hydrogens (tertiary/aromatic N) is 4. The topological polar surface area (TPSA) is 59.7 Å². The highest BCUT2D eigenvalue weighted by Gasteiger charge is 2.32. The van der Waals surface area contributed by atoms with Gasteiger partial charge in [0.1, 0.15) is 11.4 Å². The fourth-order valence-electron chi connectivity index (χ4n) is 5.02. The normalized spacial score (nSPS) is 13.9. The van der Waals surface area contributed by atoms with Crippen LogP contribution in [0.15, 0.2) is 125 Å². The summed E-state index contributed by atoms with van der Waals surface area (Å²) < 4.78 is 7.76. The third-order valence-corrected chi connectivity index (χ3v) is 8.36. The van der Waals surface area contributed by atoms with Gasteiger partial charge in [-0.2, -0.15) is 15.2 Å². The molecule has 44 heavy (non-hydrogen) atoms. The molecule has 6 nitrogen and oxygen atoms in total. The Morgan fingerprint density at radius 2 is 1.57 bits per heavy atom. The minimum absolute atomic E-state index is 0.158. The van der Waals surface area contributed by atoms with Crippen LogP contribution in [0.25, 0.3) is 23.0 Å². The Hall–Kier alpha value is -4.88. The zero-order valence-corrected chi connectivity index (χ0v) is 25.9. The van der Waals surface area contributed by atoms with Gasteiger partial charge < -0.3 is 4.74 Å². The molecule has 0 saturated carbocycles. The number of carbonyl (C=O) groups is 1. The number of thioether (sulfide) groups is 1. The molecule has 7 heteroatoms. The summed E-state index contributed by atoms with van der Waals surface area (Å²) in [5.41, 5.74) is 7.82. The number of anilines is 1. The molecule has 0 fully saturated rings. The molecule has 1 amide bonds. The molecule has 0 bridgehead atoms. The lowest BCUT2D eigenvalue weighted by Crippen LogP contribution is -2.21. The van der Waals surface area contributed by atoms with Gasteiger partial charge in [-0.05, 0) is 86.5 Å². The smallest absolute Gasteiger partial charge is 0.280 e. The van der Waals surface area contributed by atoms with Crippen molar-refractivity contribution in [3.63, 3.8) is 0 Å². The summed E-state index contributed by atoms with van der Waals surface area (Å²) >= 11 is 1.67. The molecule has 0 unspecified atom stereocenters. The monoisotopic (exact) mass is 598 g/mol. The van der Waals surface area contributed by atoms with Crippen molar-refractivity contribution in [3.05, 3.63) is 132 Å². The maximum absolute atomic E-state index is 14.0. The Balaban J connectivity index is 1.43. The Kier molecular flexibility index (Phi) is 8.75. The third kappa shape index (κ3) is 6.38. The lowest BCUT2D eigenvalue weighted by molar-refractivity contribution is -0.114. The minimum Gasteiger partial charge on any atom is -0.494 e. The largest absolute Gasteiger partial charge is 0.494 e.